The average Bonchev–Trinajstić information content (AvgIpc) is 2.99. The Balaban J connectivity index is 1.83. The molecule has 2 unspecified atom stereocenters. The lowest BCUT2D eigenvalue weighted by molar-refractivity contribution is -0.254. The molecule has 2 fully saturated rings. The predicted molar refractivity (Wildman–Crippen MR) is 84.6 cm³/mol. The Morgan fingerprint density at radius 3 is 2.23 bits per heavy atom. The lowest BCUT2D eigenvalue weighted by Gasteiger charge is -2.43. The average molecular weight is 313 g/mol. The number of hydrogen-bond donors (Lipinski definition) is 0. The van der Waals surface area contributed by atoms with Gasteiger partial charge < -0.3 is 14.2 Å². The van der Waals surface area contributed by atoms with E-state index in [2.05, 4.69) is 4.90 Å². The normalized spacial score (nSPS) is 28.7. The number of carbonyl (C=O) groups is 1. The first-order valence-corrected chi connectivity index (χ1v) is 8.82. The van der Waals surface area contributed by atoms with E-state index in [1.54, 1.807) is 0 Å². The topological polar surface area (TPSA) is 48.0 Å². The summed E-state index contributed by atoms with van der Waals surface area (Å²) >= 11 is 0. The highest BCUT2D eigenvalue weighted by Gasteiger charge is 2.40. The van der Waals surface area contributed by atoms with Crippen molar-refractivity contribution in [1.82, 2.24) is 4.90 Å². The summed E-state index contributed by atoms with van der Waals surface area (Å²) in [5.74, 6) is -0.311. The summed E-state index contributed by atoms with van der Waals surface area (Å²) in [5, 5.41) is 0. The molecule has 0 aromatic carbocycles. The van der Waals surface area contributed by atoms with Crippen molar-refractivity contribution in [2.45, 2.75) is 64.7 Å². The molecule has 0 N–H and O–H groups in total. The number of carbonyl (C=O) groups excluding carboxylic acids is 1. The third-order valence-corrected chi connectivity index (χ3v) is 4.92. The Hall–Kier alpha value is -0.650. The number of nitrogens with zero attached hydrogens (tertiary/aromatic N) is 1. The smallest absolute Gasteiger partial charge is 0.308 e. The summed E-state index contributed by atoms with van der Waals surface area (Å²) in [6, 6.07) is 0.510. The van der Waals surface area contributed by atoms with E-state index in [1.165, 1.54) is 0 Å². The highest BCUT2D eigenvalue weighted by Crippen LogP contribution is 2.35. The number of rotatable bonds is 7. The van der Waals surface area contributed by atoms with E-state index in [4.69, 9.17) is 14.2 Å². The molecule has 2 atom stereocenters. The van der Waals surface area contributed by atoms with Crippen molar-refractivity contribution >= 4 is 5.97 Å². The molecule has 1 aliphatic heterocycles. The zero-order chi connectivity index (χ0) is 16.0. The van der Waals surface area contributed by atoms with Crippen molar-refractivity contribution in [2.75, 3.05) is 32.9 Å². The lowest BCUT2D eigenvalue weighted by atomic mass is 10.0. The molecule has 1 saturated heterocycles. The first kappa shape index (κ1) is 17.7. The van der Waals surface area contributed by atoms with Crippen LogP contribution in [0.25, 0.3) is 0 Å². The fraction of sp³-hybridized carbons (Fsp3) is 0.941. The van der Waals surface area contributed by atoms with E-state index in [9.17, 15) is 4.79 Å². The Kier molecular flexibility index (Phi) is 6.66. The first-order valence-electron chi connectivity index (χ1n) is 8.82. The zero-order valence-electron chi connectivity index (χ0n) is 14.3. The van der Waals surface area contributed by atoms with Gasteiger partial charge in [-0.1, -0.05) is 0 Å². The Morgan fingerprint density at radius 2 is 1.68 bits per heavy atom. The van der Waals surface area contributed by atoms with Crippen LogP contribution in [0.1, 0.15) is 52.9 Å². The molecule has 2 aliphatic rings. The van der Waals surface area contributed by atoms with Gasteiger partial charge in [-0.2, -0.15) is 0 Å². The Labute approximate surface area is 134 Å². The molecule has 0 aromatic rings. The van der Waals surface area contributed by atoms with Gasteiger partial charge in [0.25, 0.3) is 0 Å². The molecule has 128 valence electrons. The molecule has 1 heterocycles. The molecular formula is C17H31NO4. The van der Waals surface area contributed by atoms with Crippen LogP contribution in [0.4, 0.5) is 0 Å². The van der Waals surface area contributed by atoms with Gasteiger partial charge in [-0.25, -0.2) is 0 Å². The lowest BCUT2D eigenvalue weighted by Crippen LogP contribution is -2.50. The van der Waals surface area contributed by atoms with E-state index in [1.807, 2.05) is 20.8 Å². The maximum Gasteiger partial charge on any atom is 0.308 e. The highest BCUT2D eigenvalue weighted by molar-refractivity contribution is 5.72. The van der Waals surface area contributed by atoms with E-state index in [-0.39, 0.29) is 17.7 Å². The van der Waals surface area contributed by atoms with Crippen LogP contribution in [0.2, 0.25) is 0 Å². The maximum atomic E-state index is 11.9. The Morgan fingerprint density at radius 1 is 1.05 bits per heavy atom. The van der Waals surface area contributed by atoms with Gasteiger partial charge in [0.1, 0.15) is 0 Å². The monoisotopic (exact) mass is 313 g/mol. The fourth-order valence-corrected chi connectivity index (χ4v) is 3.85. The van der Waals surface area contributed by atoms with E-state index in [0.29, 0.717) is 25.9 Å². The summed E-state index contributed by atoms with van der Waals surface area (Å²) in [6.07, 6.45) is 4.82. The highest BCUT2D eigenvalue weighted by atomic mass is 16.7. The van der Waals surface area contributed by atoms with Crippen LogP contribution >= 0.6 is 0 Å². The number of piperidine rings is 1. The molecule has 0 aromatic heterocycles. The van der Waals surface area contributed by atoms with E-state index in [0.717, 1.165) is 45.2 Å². The van der Waals surface area contributed by atoms with Gasteiger partial charge in [0, 0.05) is 45.2 Å². The second-order valence-electron chi connectivity index (χ2n) is 6.23. The van der Waals surface area contributed by atoms with Gasteiger partial charge in [-0.3, -0.25) is 9.69 Å². The minimum Gasteiger partial charge on any atom is -0.466 e. The third-order valence-electron chi connectivity index (χ3n) is 4.92. The second kappa shape index (κ2) is 8.27. The third kappa shape index (κ3) is 4.21. The number of hydrogen-bond acceptors (Lipinski definition) is 5. The second-order valence-corrected chi connectivity index (χ2v) is 6.23. The summed E-state index contributed by atoms with van der Waals surface area (Å²) in [5.41, 5.74) is 0. The predicted octanol–water partition coefficient (Wildman–Crippen LogP) is 2.58. The minimum atomic E-state index is -0.390. The molecule has 0 amide bonds. The molecule has 0 bridgehead atoms. The van der Waals surface area contributed by atoms with Crippen LogP contribution in [0.15, 0.2) is 0 Å². The quantitative estimate of drug-likeness (QED) is 0.534. The van der Waals surface area contributed by atoms with E-state index >= 15 is 0 Å². The largest absolute Gasteiger partial charge is 0.466 e. The molecule has 5 heteroatoms. The molecular weight excluding hydrogens is 282 g/mol. The molecule has 2 rings (SSSR count). The number of esters is 1. The van der Waals surface area contributed by atoms with Crippen LogP contribution in [0.3, 0.4) is 0 Å². The summed E-state index contributed by atoms with van der Waals surface area (Å²) in [6.45, 7) is 9.75. The van der Waals surface area contributed by atoms with Crippen molar-refractivity contribution in [1.29, 1.82) is 0 Å². The van der Waals surface area contributed by atoms with Crippen LogP contribution in [-0.2, 0) is 19.0 Å². The molecule has 22 heavy (non-hydrogen) atoms. The SMILES string of the molecule is CCOC(=O)C1CCC(N2CCC(OCC)(OCC)CC2)C1. The van der Waals surface area contributed by atoms with Crippen molar-refractivity contribution in [3.05, 3.63) is 0 Å². The fourth-order valence-electron chi connectivity index (χ4n) is 3.85. The van der Waals surface area contributed by atoms with Gasteiger partial charge in [-0.05, 0) is 40.0 Å². The van der Waals surface area contributed by atoms with Crippen molar-refractivity contribution in [3.63, 3.8) is 0 Å². The van der Waals surface area contributed by atoms with E-state index < -0.39 is 0 Å². The number of likely N-dealkylation sites (tertiary alicyclic amines) is 1. The van der Waals surface area contributed by atoms with Crippen molar-refractivity contribution in [2.24, 2.45) is 5.92 Å². The summed E-state index contributed by atoms with van der Waals surface area (Å²) < 4.78 is 16.9. The summed E-state index contributed by atoms with van der Waals surface area (Å²) in [7, 11) is 0. The van der Waals surface area contributed by atoms with Crippen LogP contribution in [0, 0.1) is 5.92 Å². The van der Waals surface area contributed by atoms with Gasteiger partial charge in [0.05, 0.1) is 12.5 Å². The van der Waals surface area contributed by atoms with Crippen LogP contribution in [-0.4, -0.2) is 55.6 Å². The number of ether oxygens (including phenoxy) is 3. The van der Waals surface area contributed by atoms with Gasteiger partial charge in [0.15, 0.2) is 5.79 Å². The van der Waals surface area contributed by atoms with Gasteiger partial charge in [0.2, 0.25) is 0 Å². The molecule has 0 radical (unpaired) electrons. The van der Waals surface area contributed by atoms with Crippen LogP contribution in [0.5, 0.6) is 0 Å². The standard InChI is InChI=1S/C17H31NO4/c1-4-20-16(19)14-7-8-15(13-14)18-11-9-17(10-12-18,21-5-2)22-6-3/h14-15H,4-13H2,1-3H3. The van der Waals surface area contributed by atoms with Crippen molar-refractivity contribution < 1.29 is 19.0 Å². The molecule has 0 spiro atoms. The zero-order valence-corrected chi connectivity index (χ0v) is 14.3. The maximum absolute atomic E-state index is 11.9. The first-order chi connectivity index (χ1) is 10.6. The van der Waals surface area contributed by atoms with Crippen LogP contribution < -0.4 is 0 Å². The van der Waals surface area contributed by atoms with Crippen molar-refractivity contribution in [3.8, 4) is 0 Å². The van der Waals surface area contributed by atoms with Gasteiger partial charge in [-0.15, -0.1) is 0 Å². The molecule has 1 saturated carbocycles. The Bertz CT molecular complexity index is 345. The van der Waals surface area contributed by atoms with Gasteiger partial charge >= 0.3 is 5.97 Å². The minimum absolute atomic E-state index is 0.0139. The molecule has 5 nitrogen and oxygen atoms in total. The summed E-state index contributed by atoms with van der Waals surface area (Å²) in [4.78, 5) is 14.4. The molecule has 1 aliphatic carbocycles.